The molecule has 0 fully saturated rings. The molecular weight excluding hydrogens is 433 g/mol. The van der Waals surface area contributed by atoms with Gasteiger partial charge in [-0.15, -0.1) is 13.2 Å². The first-order chi connectivity index (χ1) is 15.5. The highest BCUT2D eigenvalue weighted by molar-refractivity contribution is 5.69. The van der Waals surface area contributed by atoms with Crippen LogP contribution in [0.1, 0.15) is 37.8 Å². The fourth-order valence-corrected chi connectivity index (χ4v) is 3.39. The number of alkyl halides is 3. The number of aliphatic hydroxyl groups excluding tert-OH is 1. The highest BCUT2D eigenvalue weighted by atomic mass is 19.4. The Labute approximate surface area is 190 Å². The molecular formula is C24H27F3N4O2. The van der Waals surface area contributed by atoms with Gasteiger partial charge in [-0.1, -0.05) is 32.0 Å². The van der Waals surface area contributed by atoms with E-state index < -0.39 is 6.36 Å². The molecule has 0 radical (unpaired) electrons. The van der Waals surface area contributed by atoms with Gasteiger partial charge >= 0.3 is 6.36 Å². The van der Waals surface area contributed by atoms with Crippen LogP contribution < -0.4 is 15.4 Å². The number of hydrogen-bond donors (Lipinski definition) is 3. The van der Waals surface area contributed by atoms with Crippen LogP contribution >= 0.6 is 0 Å². The second-order valence-corrected chi connectivity index (χ2v) is 8.12. The van der Waals surface area contributed by atoms with E-state index in [1.165, 1.54) is 23.8 Å². The molecule has 0 saturated heterocycles. The number of rotatable bonds is 8. The SMILES string of the molecule is Cc1cc(Nc2cc(-c3cccc(OC(F)(F)F)c3)nc(N[C@H](C)CO)n2)ccc1C(C)C. The van der Waals surface area contributed by atoms with Crippen molar-refractivity contribution in [3.05, 3.63) is 59.7 Å². The Kier molecular flexibility index (Phi) is 7.43. The van der Waals surface area contributed by atoms with E-state index in [2.05, 4.69) is 45.3 Å². The number of anilines is 3. The highest BCUT2D eigenvalue weighted by Gasteiger charge is 2.31. The van der Waals surface area contributed by atoms with Crippen LogP contribution in [0.5, 0.6) is 5.75 Å². The van der Waals surface area contributed by atoms with E-state index in [4.69, 9.17) is 0 Å². The average molecular weight is 461 g/mol. The first-order valence-corrected chi connectivity index (χ1v) is 10.5. The van der Waals surface area contributed by atoms with Crippen molar-refractivity contribution in [1.82, 2.24) is 9.97 Å². The number of aliphatic hydroxyl groups is 1. The number of aryl methyl sites for hydroxylation is 1. The van der Waals surface area contributed by atoms with Crippen molar-refractivity contribution in [3.8, 4) is 17.0 Å². The van der Waals surface area contributed by atoms with Gasteiger partial charge in [-0.05, 0) is 55.2 Å². The molecule has 6 nitrogen and oxygen atoms in total. The minimum absolute atomic E-state index is 0.138. The maximum absolute atomic E-state index is 12.6. The molecule has 1 aromatic heterocycles. The minimum atomic E-state index is -4.79. The van der Waals surface area contributed by atoms with Crippen molar-refractivity contribution in [3.63, 3.8) is 0 Å². The predicted octanol–water partition coefficient (Wildman–Crippen LogP) is 6.01. The van der Waals surface area contributed by atoms with Crippen molar-refractivity contribution in [1.29, 1.82) is 0 Å². The van der Waals surface area contributed by atoms with E-state index in [0.717, 1.165) is 11.3 Å². The number of hydrogen-bond acceptors (Lipinski definition) is 6. The topological polar surface area (TPSA) is 79.3 Å². The molecule has 0 amide bonds. The molecule has 176 valence electrons. The third-order valence-corrected chi connectivity index (χ3v) is 4.90. The Morgan fingerprint density at radius 2 is 1.79 bits per heavy atom. The van der Waals surface area contributed by atoms with Crippen molar-refractivity contribution in [2.45, 2.75) is 46.0 Å². The molecule has 33 heavy (non-hydrogen) atoms. The van der Waals surface area contributed by atoms with Gasteiger partial charge in [0.15, 0.2) is 0 Å². The molecule has 1 heterocycles. The smallest absolute Gasteiger partial charge is 0.406 e. The van der Waals surface area contributed by atoms with Crippen molar-refractivity contribution >= 4 is 17.5 Å². The standard InChI is InChI=1S/C24H27F3N4O2/c1-14(2)20-9-8-18(10-15(20)3)29-22-12-21(30-23(31-22)28-16(4)13-32)17-6-5-7-19(11-17)33-24(25,26)27/h5-12,14,16,32H,13H2,1-4H3,(H2,28,29,30,31)/t16-/m1/s1. The number of nitrogens with one attached hydrogen (secondary N) is 2. The maximum Gasteiger partial charge on any atom is 0.573 e. The maximum atomic E-state index is 12.6. The van der Waals surface area contributed by atoms with Gasteiger partial charge in [0.2, 0.25) is 5.95 Å². The fourth-order valence-electron chi connectivity index (χ4n) is 3.39. The van der Waals surface area contributed by atoms with E-state index >= 15 is 0 Å². The summed E-state index contributed by atoms with van der Waals surface area (Å²) in [6, 6.07) is 12.9. The first kappa shape index (κ1) is 24.3. The number of ether oxygens (including phenoxy) is 1. The molecule has 3 aromatic rings. The molecule has 1 atom stereocenters. The van der Waals surface area contributed by atoms with Gasteiger partial charge < -0.3 is 20.5 Å². The minimum Gasteiger partial charge on any atom is -0.406 e. The number of aromatic nitrogens is 2. The zero-order valence-electron chi connectivity index (χ0n) is 18.9. The molecule has 3 rings (SSSR count). The molecule has 2 aromatic carbocycles. The zero-order valence-corrected chi connectivity index (χ0v) is 18.9. The van der Waals surface area contributed by atoms with Crippen molar-refractivity contribution in [2.24, 2.45) is 0 Å². The lowest BCUT2D eigenvalue weighted by Crippen LogP contribution is -2.21. The fraction of sp³-hybridized carbons (Fsp3) is 0.333. The van der Waals surface area contributed by atoms with Crippen LogP contribution in [-0.4, -0.2) is 34.1 Å². The predicted molar refractivity (Wildman–Crippen MR) is 123 cm³/mol. The molecule has 0 aliphatic carbocycles. The van der Waals surface area contributed by atoms with E-state index in [1.54, 1.807) is 19.1 Å². The third kappa shape index (κ3) is 6.82. The number of halogens is 3. The van der Waals surface area contributed by atoms with Gasteiger partial charge in [-0.25, -0.2) is 4.98 Å². The Hall–Kier alpha value is -3.33. The van der Waals surface area contributed by atoms with Crippen LogP contribution in [0.3, 0.4) is 0 Å². The van der Waals surface area contributed by atoms with E-state index in [9.17, 15) is 18.3 Å². The van der Waals surface area contributed by atoms with Crippen LogP contribution in [-0.2, 0) is 0 Å². The Balaban J connectivity index is 1.98. The second kappa shape index (κ2) is 10.1. The van der Waals surface area contributed by atoms with E-state index in [-0.39, 0.29) is 24.3 Å². The first-order valence-electron chi connectivity index (χ1n) is 10.5. The molecule has 9 heteroatoms. The Bertz CT molecular complexity index is 1100. The van der Waals surface area contributed by atoms with Crippen molar-refractivity contribution in [2.75, 3.05) is 17.2 Å². The van der Waals surface area contributed by atoms with Crippen LogP contribution in [0.15, 0.2) is 48.5 Å². The lowest BCUT2D eigenvalue weighted by molar-refractivity contribution is -0.274. The summed E-state index contributed by atoms with van der Waals surface area (Å²) in [6.45, 7) is 7.91. The van der Waals surface area contributed by atoms with Gasteiger partial charge in [-0.3, -0.25) is 0 Å². The Morgan fingerprint density at radius 3 is 2.42 bits per heavy atom. The monoisotopic (exact) mass is 460 g/mol. The Morgan fingerprint density at radius 1 is 1.03 bits per heavy atom. The van der Waals surface area contributed by atoms with Gasteiger partial charge in [0.05, 0.1) is 12.3 Å². The molecule has 3 N–H and O–H groups in total. The van der Waals surface area contributed by atoms with Crippen LogP contribution in [0.2, 0.25) is 0 Å². The second-order valence-electron chi connectivity index (χ2n) is 8.12. The summed E-state index contributed by atoms with van der Waals surface area (Å²) in [7, 11) is 0. The summed E-state index contributed by atoms with van der Waals surface area (Å²) in [4.78, 5) is 8.87. The largest absolute Gasteiger partial charge is 0.573 e. The van der Waals surface area contributed by atoms with Crippen LogP contribution in [0.4, 0.5) is 30.6 Å². The van der Waals surface area contributed by atoms with Crippen LogP contribution in [0.25, 0.3) is 11.3 Å². The summed E-state index contributed by atoms with van der Waals surface area (Å²) >= 11 is 0. The van der Waals surface area contributed by atoms with Gasteiger partial charge in [0, 0.05) is 23.4 Å². The molecule has 0 aliphatic heterocycles. The third-order valence-electron chi connectivity index (χ3n) is 4.90. The summed E-state index contributed by atoms with van der Waals surface area (Å²) < 4.78 is 42.0. The van der Waals surface area contributed by atoms with Gasteiger partial charge in [0.1, 0.15) is 11.6 Å². The molecule has 0 bridgehead atoms. The molecule has 0 aliphatic rings. The zero-order chi connectivity index (χ0) is 24.2. The summed E-state index contributed by atoms with van der Waals surface area (Å²) in [5.41, 5.74) is 4.01. The number of nitrogens with zero attached hydrogens (tertiary/aromatic N) is 2. The lowest BCUT2D eigenvalue weighted by atomic mass is 9.98. The van der Waals surface area contributed by atoms with Crippen LogP contribution in [0, 0.1) is 6.92 Å². The summed E-state index contributed by atoms with van der Waals surface area (Å²) in [6.07, 6.45) is -4.79. The highest BCUT2D eigenvalue weighted by Crippen LogP contribution is 2.30. The normalized spacial score (nSPS) is 12.5. The lowest BCUT2D eigenvalue weighted by Gasteiger charge is -2.16. The summed E-state index contributed by atoms with van der Waals surface area (Å²) in [5, 5.41) is 15.6. The number of benzene rings is 2. The van der Waals surface area contributed by atoms with Gasteiger partial charge in [-0.2, -0.15) is 4.98 Å². The van der Waals surface area contributed by atoms with E-state index in [1.807, 2.05) is 19.1 Å². The summed E-state index contributed by atoms with van der Waals surface area (Å²) in [5.74, 6) is 0.735. The quantitative estimate of drug-likeness (QED) is 0.382. The van der Waals surface area contributed by atoms with E-state index in [0.29, 0.717) is 23.0 Å². The van der Waals surface area contributed by atoms with Crippen molar-refractivity contribution < 1.29 is 23.0 Å². The van der Waals surface area contributed by atoms with Gasteiger partial charge in [0.25, 0.3) is 0 Å². The molecule has 0 saturated carbocycles. The average Bonchev–Trinajstić information content (AvgIpc) is 2.72. The molecule has 0 spiro atoms. The molecule has 0 unspecified atom stereocenters.